The van der Waals surface area contributed by atoms with Crippen LogP contribution < -0.4 is 10.2 Å². The fraction of sp³-hybridized carbons (Fsp3) is 0.348. The highest BCUT2D eigenvalue weighted by Crippen LogP contribution is 2.50. The SMILES string of the molecule is CN1C(=O)NC(=O)[C@@]2(Cc3cccc(F)c3N3CC[C@@H](c4ccccc4)C[C@@H]32)C1=O. The second-order valence-electron chi connectivity index (χ2n) is 8.36. The summed E-state index contributed by atoms with van der Waals surface area (Å²) in [5.41, 5.74) is 0.770. The Balaban J connectivity index is 1.65. The van der Waals surface area contributed by atoms with Gasteiger partial charge in [-0.15, -0.1) is 0 Å². The summed E-state index contributed by atoms with van der Waals surface area (Å²) < 4.78 is 14.9. The number of carbonyl (C=O) groups excluding carboxylic acids is 3. The zero-order valence-corrected chi connectivity index (χ0v) is 16.6. The molecule has 4 amide bonds. The number of rotatable bonds is 1. The Labute approximate surface area is 173 Å². The molecule has 2 aromatic carbocycles. The van der Waals surface area contributed by atoms with Crippen molar-refractivity contribution in [1.82, 2.24) is 10.2 Å². The molecule has 0 saturated carbocycles. The van der Waals surface area contributed by atoms with Crippen LogP contribution in [0.15, 0.2) is 48.5 Å². The Morgan fingerprint density at radius 3 is 2.60 bits per heavy atom. The Kier molecular flexibility index (Phi) is 4.17. The smallest absolute Gasteiger partial charge is 0.330 e. The number of benzene rings is 2. The van der Waals surface area contributed by atoms with Crippen LogP contribution >= 0.6 is 0 Å². The maximum absolute atomic E-state index is 14.9. The zero-order chi connectivity index (χ0) is 21.0. The van der Waals surface area contributed by atoms with Crippen molar-refractivity contribution >= 4 is 23.5 Å². The summed E-state index contributed by atoms with van der Waals surface area (Å²) in [4.78, 5) is 41.6. The standard InChI is InChI=1S/C23H22FN3O3/c1-26-21(29)23(20(28)25-22(26)30)13-16-8-5-9-17(24)19(16)27-11-10-15(12-18(23)27)14-6-3-2-4-7-14/h2-9,15,18H,10-13H2,1H3,(H,25,28,30)/t15-,18-,23+/m1/s1. The molecular formula is C23H22FN3O3. The fourth-order valence-corrected chi connectivity index (χ4v) is 5.40. The Morgan fingerprint density at radius 2 is 1.83 bits per heavy atom. The van der Waals surface area contributed by atoms with E-state index in [0.29, 0.717) is 24.2 Å². The van der Waals surface area contributed by atoms with Gasteiger partial charge >= 0.3 is 6.03 Å². The average Bonchev–Trinajstić information content (AvgIpc) is 2.76. The minimum atomic E-state index is -1.46. The molecule has 3 heterocycles. The lowest BCUT2D eigenvalue weighted by molar-refractivity contribution is -0.153. The maximum Gasteiger partial charge on any atom is 0.330 e. The van der Waals surface area contributed by atoms with Crippen LogP contribution in [0.3, 0.4) is 0 Å². The number of urea groups is 1. The molecule has 0 unspecified atom stereocenters. The predicted octanol–water partition coefficient (Wildman–Crippen LogP) is 2.83. The summed E-state index contributed by atoms with van der Waals surface area (Å²) in [6, 6.07) is 13.5. The van der Waals surface area contributed by atoms with Gasteiger partial charge in [0.1, 0.15) is 5.82 Å². The van der Waals surface area contributed by atoms with Crippen molar-refractivity contribution in [2.24, 2.45) is 5.41 Å². The van der Waals surface area contributed by atoms with Crippen LogP contribution in [-0.4, -0.2) is 42.4 Å². The molecule has 5 rings (SSSR count). The molecule has 154 valence electrons. The first kappa shape index (κ1) is 18.8. The van der Waals surface area contributed by atoms with Gasteiger partial charge in [-0.2, -0.15) is 0 Å². The number of nitrogens with one attached hydrogen (secondary N) is 1. The van der Waals surface area contributed by atoms with Gasteiger partial charge in [-0.25, -0.2) is 9.18 Å². The van der Waals surface area contributed by atoms with E-state index in [1.54, 1.807) is 12.1 Å². The minimum Gasteiger partial charge on any atom is -0.364 e. The van der Waals surface area contributed by atoms with E-state index in [-0.39, 0.29) is 18.2 Å². The van der Waals surface area contributed by atoms with E-state index >= 15 is 0 Å². The molecule has 1 spiro atoms. The molecule has 0 bridgehead atoms. The molecule has 0 aliphatic carbocycles. The molecule has 2 fully saturated rings. The summed E-state index contributed by atoms with van der Waals surface area (Å²) in [6.07, 6.45) is 1.39. The monoisotopic (exact) mass is 407 g/mol. The second kappa shape index (κ2) is 6.65. The van der Waals surface area contributed by atoms with Crippen LogP contribution in [0.2, 0.25) is 0 Å². The summed E-state index contributed by atoms with van der Waals surface area (Å²) in [7, 11) is 1.38. The summed E-state index contributed by atoms with van der Waals surface area (Å²) in [5.74, 6) is -1.32. The van der Waals surface area contributed by atoms with Crippen LogP contribution in [0.4, 0.5) is 14.9 Å². The molecule has 2 aromatic rings. The van der Waals surface area contributed by atoms with Crippen molar-refractivity contribution in [1.29, 1.82) is 0 Å². The number of anilines is 1. The van der Waals surface area contributed by atoms with Crippen molar-refractivity contribution < 1.29 is 18.8 Å². The van der Waals surface area contributed by atoms with Gasteiger partial charge in [0.2, 0.25) is 11.8 Å². The maximum atomic E-state index is 14.9. The Hall–Kier alpha value is -3.22. The molecule has 3 aliphatic rings. The first-order valence-corrected chi connectivity index (χ1v) is 10.2. The highest BCUT2D eigenvalue weighted by Gasteiger charge is 2.62. The third-order valence-electron chi connectivity index (χ3n) is 6.89. The van der Waals surface area contributed by atoms with Crippen LogP contribution in [0.1, 0.15) is 29.9 Å². The lowest BCUT2D eigenvalue weighted by Crippen LogP contribution is -2.72. The van der Waals surface area contributed by atoms with E-state index in [2.05, 4.69) is 5.32 Å². The zero-order valence-electron chi connectivity index (χ0n) is 16.6. The number of hydrogen-bond acceptors (Lipinski definition) is 4. The Morgan fingerprint density at radius 1 is 1.07 bits per heavy atom. The summed E-state index contributed by atoms with van der Waals surface area (Å²) in [6.45, 7) is 0.526. The molecule has 30 heavy (non-hydrogen) atoms. The van der Waals surface area contributed by atoms with Gasteiger partial charge in [-0.1, -0.05) is 42.5 Å². The summed E-state index contributed by atoms with van der Waals surface area (Å²) in [5, 5.41) is 2.36. The first-order chi connectivity index (χ1) is 14.4. The van der Waals surface area contributed by atoms with E-state index in [0.717, 1.165) is 16.9 Å². The number of carbonyl (C=O) groups is 3. The fourth-order valence-electron chi connectivity index (χ4n) is 5.40. The van der Waals surface area contributed by atoms with Crippen molar-refractivity contribution in [3.05, 3.63) is 65.5 Å². The average molecular weight is 407 g/mol. The number of amides is 4. The molecule has 6 nitrogen and oxygen atoms in total. The Bertz CT molecular complexity index is 1060. The lowest BCUT2D eigenvalue weighted by Gasteiger charge is -2.54. The van der Waals surface area contributed by atoms with Crippen LogP contribution in [0.5, 0.6) is 0 Å². The van der Waals surface area contributed by atoms with E-state index in [9.17, 15) is 18.8 Å². The topological polar surface area (TPSA) is 69.7 Å². The quantitative estimate of drug-likeness (QED) is 0.738. The van der Waals surface area contributed by atoms with Gasteiger partial charge in [0.15, 0.2) is 5.41 Å². The molecule has 0 aromatic heterocycles. The van der Waals surface area contributed by atoms with Gasteiger partial charge < -0.3 is 4.90 Å². The van der Waals surface area contributed by atoms with Crippen molar-refractivity contribution in [3.8, 4) is 0 Å². The first-order valence-electron chi connectivity index (χ1n) is 10.2. The van der Waals surface area contributed by atoms with Crippen molar-refractivity contribution in [2.45, 2.75) is 31.2 Å². The molecule has 3 aliphatic heterocycles. The molecule has 2 saturated heterocycles. The predicted molar refractivity (Wildman–Crippen MR) is 108 cm³/mol. The van der Waals surface area contributed by atoms with Gasteiger partial charge in [0.05, 0.1) is 11.7 Å². The number of nitrogens with zero attached hydrogens (tertiary/aromatic N) is 2. The minimum absolute atomic E-state index is 0.0745. The third kappa shape index (κ3) is 2.51. The highest BCUT2D eigenvalue weighted by atomic mass is 19.1. The molecule has 3 atom stereocenters. The van der Waals surface area contributed by atoms with E-state index in [4.69, 9.17) is 0 Å². The number of halogens is 1. The number of hydrogen-bond donors (Lipinski definition) is 1. The number of para-hydroxylation sites is 1. The largest absolute Gasteiger partial charge is 0.364 e. The molecule has 7 heteroatoms. The number of barbiturate groups is 1. The molecule has 1 N–H and O–H groups in total. The lowest BCUT2D eigenvalue weighted by atomic mass is 9.64. The third-order valence-corrected chi connectivity index (χ3v) is 6.89. The van der Waals surface area contributed by atoms with Crippen molar-refractivity contribution in [3.63, 3.8) is 0 Å². The van der Waals surface area contributed by atoms with Crippen LogP contribution in [-0.2, 0) is 16.0 Å². The second-order valence-corrected chi connectivity index (χ2v) is 8.36. The number of piperidine rings is 1. The van der Waals surface area contributed by atoms with Gasteiger partial charge in [-0.3, -0.25) is 19.8 Å². The van der Waals surface area contributed by atoms with Gasteiger partial charge in [0.25, 0.3) is 0 Å². The van der Waals surface area contributed by atoms with Crippen LogP contribution in [0.25, 0.3) is 0 Å². The van der Waals surface area contributed by atoms with E-state index in [1.807, 2.05) is 35.2 Å². The van der Waals surface area contributed by atoms with Crippen LogP contribution in [0, 0.1) is 11.2 Å². The van der Waals surface area contributed by atoms with E-state index in [1.165, 1.54) is 13.1 Å². The van der Waals surface area contributed by atoms with Crippen molar-refractivity contribution in [2.75, 3.05) is 18.5 Å². The normalized spacial score (nSPS) is 28.3. The number of imide groups is 2. The van der Waals surface area contributed by atoms with Gasteiger partial charge in [-0.05, 0) is 42.4 Å². The highest BCUT2D eigenvalue weighted by molar-refractivity contribution is 6.20. The van der Waals surface area contributed by atoms with E-state index < -0.39 is 29.3 Å². The molecular weight excluding hydrogens is 385 g/mol. The number of fused-ring (bicyclic) bond motifs is 4. The van der Waals surface area contributed by atoms with Gasteiger partial charge in [0, 0.05) is 13.6 Å². The molecule has 0 radical (unpaired) electrons. The summed E-state index contributed by atoms with van der Waals surface area (Å²) >= 11 is 0.